The van der Waals surface area contributed by atoms with Gasteiger partial charge in [-0.05, 0) is 25.0 Å². The molecule has 1 aromatic rings. The number of nitrogens with zero attached hydrogens (tertiary/aromatic N) is 2. The van der Waals surface area contributed by atoms with Crippen LogP contribution in [0.4, 0.5) is 4.79 Å². The summed E-state index contributed by atoms with van der Waals surface area (Å²) in [6.45, 7) is 2.75. The fraction of sp³-hybridized carbons (Fsp3) is 0.579. The number of urea groups is 1. The molecule has 0 saturated carbocycles. The number of hydrogen-bond acceptors (Lipinski definition) is 5. The number of sulfone groups is 1. The molecule has 1 aromatic carbocycles. The van der Waals surface area contributed by atoms with Crippen molar-refractivity contribution >= 4 is 34.2 Å². The average molecular weight is 443 g/mol. The van der Waals surface area contributed by atoms with E-state index < -0.39 is 9.84 Å². The van der Waals surface area contributed by atoms with Gasteiger partial charge >= 0.3 is 6.03 Å². The zero-order chi connectivity index (χ0) is 19.7. The van der Waals surface area contributed by atoms with Gasteiger partial charge in [0.25, 0.3) is 5.91 Å². The zero-order valence-corrected chi connectivity index (χ0v) is 17.8. The van der Waals surface area contributed by atoms with Crippen LogP contribution >= 0.6 is 12.4 Å². The van der Waals surface area contributed by atoms with Crippen LogP contribution in [0.1, 0.15) is 23.2 Å². The highest BCUT2D eigenvalue weighted by molar-refractivity contribution is 7.91. The Labute approximate surface area is 177 Å². The summed E-state index contributed by atoms with van der Waals surface area (Å²) >= 11 is 0. The van der Waals surface area contributed by atoms with Crippen LogP contribution in [0.2, 0.25) is 0 Å². The average Bonchev–Trinajstić information content (AvgIpc) is 3.25. The van der Waals surface area contributed by atoms with E-state index in [-0.39, 0.29) is 54.0 Å². The lowest BCUT2D eigenvalue weighted by atomic mass is 10.1. The smallest absolute Gasteiger partial charge is 0.315 e. The molecule has 0 spiro atoms. The second-order valence-electron chi connectivity index (χ2n) is 7.87. The van der Waals surface area contributed by atoms with Crippen molar-refractivity contribution in [3.8, 4) is 0 Å². The van der Waals surface area contributed by atoms with E-state index >= 15 is 0 Å². The summed E-state index contributed by atoms with van der Waals surface area (Å²) in [4.78, 5) is 29.3. The molecule has 3 fully saturated rings. The number of halogens is 1. The van der Waals surface area contributed by atoms with Crippen LogP contribution in [-0.4, -0.2) is 86.0 Å². The molecule has 0 aliphatic carbocycles. The number of benzene rings is 1. The maximum absolute atomic E-state index is 12.9. The van der Waals surface area contributed by atoms with Crippen LogP contribution in [0.3, 0.4) is 0 Å². The molecule has 3 aliphatic rings. The molecule has 3 heterocycles. The van der Waals surface area contributed by atoms with Crippen molar-refractivity contribution in [2.24, 2.45) is 0 Å². The van der Waals surface area contributed by atoms with E-state index in [1.54, 1.807) is 0 Å². The van der Waals surface area contributed by atoms with E-state index in [0.717, 1.165) is 19.5 Å². The second-order valence-corrected chi connectivity index (χ2v) is 10.1. The van der Waals surface area contributed by atoms with Gasteiger partial charge in [-0.2, -0.15) is 0 Å². The highest BCUT2D eigenvalue weighted by atomic mass is 35.5. The molecule has 4 atom stereocenters. The minimum atomic E-state index is -3.02. The predicted molar refractivity (Wildman–Crippen MR) is 112 cm³/mol. The Kier molecular flexibility index (Phi) is 6.70. The van der Waals surface area contributed by atoms with Crippen LogP contribution in [-0.2, 0) is 9.84 Å². The summed E-state index contributed by atoms with van der Waals surface area (Å²) in [6.07, 6.45) is 1.41. The number of piperazine rings is 1. The van der Waals surface area contributed by atoms with Gasteiger partial charge in [-0.25, -0.2) is 13.2 Å². The van der Waals surface area contributed by atoms with Gasteiger partial charge in [0.2, 0.25) is 0 Å². The second kappa shape index (κ2) is 8.89. The van der Waals surface area contributed by atoms with Crippen LogP contribution in [0.15, 0.2) is 30.3 Å². The Hall–Kier alpha value is -1.84. The van der Waals surface area contributed by atoms with E-state index in [9.17, 15) is 18.0 Å². The number of hydrogen-bond donors (Lipinski definition) is 2. The molecule has 3 saturated heterocycles. The van der Waals surface area contributed by atoms with Crippen LogP contribution in [0, 0.1) is 0 Å². The van der Waals surface area contributed by atoms with E-state index in [1.807, 2.05) is 35.2 Å². The molecule has 29 heavy (non-hydrogen) atoms. The molecule has 4 unspecified atom stereocenters. The Balaban J connectivity index is 0.00000240. The summed E-state index contributed by atoms with van der Waals surface area (Å²) in [5.41, 5.74) is 0.690. The predicted octanol–water partition coefficient (Wildman–Crippen LogP) is 0.493. The minimum absolute atomic E-state index is 0. The van der Waals surface area contributed by atoms with Gasteiger partial charge in [-0.3, -0.25) is 9.69 Å². The van der Waals surface area contributed by atoms with Crippen LogP contribution in [0.25, 0.3) is 0 Å². The molecule has 2 N–H and O–H groups in total. The summed E-state index contributed by atoms with van der Waals surface area (Å²) in [7, 11) is -3.02. The van der Waals surface area contributed by atoms with Crippen molar-refractivity contribution in [2.45, 2.75) is 31.0 Å². The summed E-state index contributed by atoms with van der Waals surface area (Å²) in [5, 5.41) is 5.61. The highest BCUT2D eigenvalue weighted by Crippen LogP contribution is 2.26. The summed E-state index contributed by atoms with van der Waals surface area (Å²) in [6, 6.07) is 8.92. The van der Waals surface area contributed by atoms with Gasteiger partial charge in [-0.15, -0.1) is 12.4 Å². The molecule has 10 heteroatoms. The first-order valence-corrected chi connectivity index (χ1v) is 11.6. The third-order valence-electron chi connectivity index (χ3n) is 5.91. The van der Waals surface area contributed by atoms with E-state index in [4.69, 9.17) is 0 Å². The molecule has 0 aromatic heterocycles. The quantitative estimate of drug-likeness (QED) is 0.707. The molecular weight excluding hydrogens is 416 g/mol. The Morgan fingerprint density at radius 2 is 1.86 bits per heavy atom. The normalized spacial score (nSPS) is 29.7. The fourth-order valence-electron chi connectivity index (χ4n) is 4.39. The molecule has 3 amide bonds. The third kappa shape index (κ3) is 5.02. The highest BCUT2D eigenvalue weighted by Gasteiger charge is 2.41. The van der Waals surface area contributed by atoms with Crippen molar-refractivity contribution in [1.29, 1.82) is 0 Å². The first-order chi connectivity index (χ1) is 13.4. The lowest BCUT2D eigenvalue weighted by Gasteiger charge is -2.40. The first-order valence-electron chi connectivity index (χ1n) is 9.76. The van der Waals surface area contributed by atoms with Gasteiger partial charge in [0.05, 0.1) is 11.5 Å². The van der Waals surface area contributed by atoms with E-state index in [0.29, 0.717) is 25.1 Å². The van der Waals surface area contributed by atoms with Crippen LogP contribution < -0.4 is 10.6 Å². The molecule has 8 nitrogen and oxygen atoms in total. The molecule has 2 bridgehead atoms. The largest absolute Gasteiger partial charge is 0.337 e. The number of carbonyl (C=O) groups is 2. The number of fused-ring (bicyclic) bond motifs is 2. The van der Waals surface area contributed by atoms with Gasteiger partial charge in [0.15, 0.2) is 9.84 Å². The Morgan fingerprint density at radius 1 is 1.10 bits per heavy atom. The molecule has 160 valence electrons. The Morgan fingerprint density at radius 3 is 2.55 bits per heavy atom. The summed E-state index contributed by atoms with van der Waals surface area (Å²) in [5.74, 6) is 0.182. The van der Waals surface area contributed by atoms with E-state index in [1.165, 1.54) is 0 Å². The first kappa shape index (κ1) is 21.9. The van der Waals surface area contributed by atoms with E-state index in [2.05, 4.69) is 15.5 Å². The molecule has 3 aliphatic heterocycles. The van der Waals surface area contributed by atoms with Crippen molar-refractivity contribution < 1.29 is 18.0 Å². The van der Waals surface area contributed by atoms with Crippen molar-refractivity contribution in [1.82, 2.24) is 20.4 Å². The van der Waals surface area contributed by atoms with Crippen molar-refractivity contribution in [3.05, 3.63) is 35.9 Å². The monoisotopic (exact) mass is 442 g/mol. The lowest BCUT2D eigenvalue weighted by Crippen LogP contribution is -2.58. The van der Waals surface area contributed by atoms with Gasteiger partial charge in [0, 0.05) is 49.9 Å². The topological polar surface area (TPSA) is 98.8 Å². The summed E-state index contributed by atoms with van der Waals surface area (Å²) < 4.78 is 23.0. The zero-order valence-electron chi connectivity index (χ0n) is 16.1. The molecular formula is C19H27ClN4O4S. The SMILES string of the molecule is Cl.O=C(NCC1CN(C(=O)c2ccccc2)C2CCN1C2)NC1CCS(=O)(=O)C1. The minimum Gasteiger partial charge on any atom is -0.337 e. The Bertz CT molecular complexity index is 851. The molecule has 4 rings (SSSR count). The number of carbonyl (C=O) groups excluding carboxylic acids is 2. The van der Waals surface area contributed by atoms with Crippen molar-refractivity contribution in [2.75, 3.05) is 37.7 Å². The lowest BCUT2D eigenvalue weighted by molar-refractivity contribution is 0.0499. The van der Waals surface area contributed by atoms with Gasteiger partial charge < -0.3 is 15.5 Å². The third-order valence-corrected chi connectivity index (χ3v) is 7.67. The van der Waals surface area contributed by atoms with Crippen molar-refractivity contribution in [3.63, 3.8) is 0 Å². The number of rotatable bonds is 4. The maximum atomic E-state index is 12.9. The number of amides is 3. The van der Waals surface area contributed by atoms with Crippen LogP contribution in [0.5, 0.6) is 0 Å². The fourth-order valence-corrected chi connectivity index (χ4v) is 6.06. The standard InChI is InChI=1S/C19H26N4O4S.ClH/c24-18(14-4-2-1-3-5-14)23-12-17(22-8-6-16(23)11-22)10-20-19(25)21-15-7-9-28(26,27)13-15;/h1-5,15-17H,6-13H2,(H2,20,21,25);1H. The molecule has 0 radical (unpaired) electrons. The maximum Gasteiger partial charge on any atom is 0.315 e. The van der Waals surface area contributed by atoms with Gasteiger partial charge in [0.1, 0.15) is 0 Å². The van der Waals surface area contributed by atoms with Gasteiger partial charge in [-0.1, -0.05) is 18.2 Å². The number of nitrogens with one attached hydrogen (secondary N) is 2.